The SMILES string of the molecule is CC1(C)Oc2ccccc2[C@@H](COS([NH-])(=O)=O)O1.O.O.O.[Na+]. The first kappa shape index (κ1) is 26.6. The zero-order valence-electron chi connectivity index (χ0n) is 12.5. The maximum Gasteiger partial charge on any atom is 1.00 e. The molecule has 0 radical (unpaired) electrons. The van der Waals surface area contributed by atoms with Crippen molar-refractivity contribution in [3.63, 3.8) is 0 Å². The molecule has 0 aliphatic carbocycles. The average molecular weight is 349 g/mol. The van der Waals surface area contributed by atoms with Gasteiger partial charge in [-0.3, -0.25) is 4.18 Å². The second kappa shape index (κ2) is 9.78. The maximum absolute atomic E-state index is 10.7. The molecule has 0 saturated carbocycles. The van der Waals surface area contributed by atoms with Gasteiger partial charge < -0.3 is 31.0 Å². The molecule has 7 N–H and O–H groups in total. The Bertz CT molecular complexity index is 551. The van der Waals surface area contributed by atoms with E-state index in [1.165, 1.54) is 0 Å². The Morgan fingerprint density at radius 2 is 1.77 bits per heavy atom. The van der Waals surface area contributed by atoms with Crippen LogP contribution in [0.4, 0.5) is 0 Å². The second-order valence-electron chi connectivity index (χ2n) is 4.38. The molecule has 11 heteroatoms. The predicted molar refractivity (Wildman–Crippen MR) is 75.0 cm³/mol. The van der Waals surface area contributed by atoms with Crippen molar-refractivity contribution in [2.75, 3.05) is 6.61 Å². The zero-order valence-corrected chi connectivity index (χ0v) is 15.4. The Morgan fingerprint density at radius 3 is 2.32 bits per heavy atom. The number of fused-ring (bicyclic) bond motifs is 1. The normalized spacial score (nSPS) is 18.0. The van der Waals surface area contributed by atoms with Crippen LogP contribution in [0.25, 0.3) is 5.14 Å². The quantitative estimate of drug-likeness (QED) is 0.518. The number of nitrogens with one attached hydrogen (secondary N) is 1. The van der Waals surface area contributed by atoms with Gasteiger partial charge in [-0.25, -0.2) is 8.42 Å². The Hall–Kier alpha value is -0.270. The molecule has 0 amide bonds. The van der Waals surface area contributed by atoms with Crippen LogP contribution in [0, 0.1) is 0 Å². The Labute approximate surface area is 151 Å². The molecule has 1 aromatic rings. The van der Waals surface area contributed by atoms with Crippen LogP contribution in [0.3, 0.4) is 0 Å². The molecule has 1 atom stereocenters. The Balaban J connectivity index is -0.000000902. The summed E-state index contributed by atoms with van der Waals surface area (Å²) in [7, 11) is -4.23. The molecule has 0 spiro atoms. The molecule has 0 bridgehead atoms. The van der Waals surface area contributed by atoms with E-state index < -0.39 is 22.2 Å². The summed E-state index contributed by atoms with van der Waals surface area (Å²) in [6.07, 6.45) is -0.579. The van der Waals surface area contributed by atoms with Gasteiger partial charge in [0, 0.05) is 19.4 Å². The second-order valence-corrected chi connectivity index (χ2v) is 5.53. The van der Waals surface area contributed by atoms with Gasteiger partial charge in [-0.05, 0) is 6.07 Å². The van der Waals surface area contributed by atoms with Crippen LogP contribution in [0.2, 0.25) is 0 Å². The number of rotatable bonds is 3. The summed E-state index contributed by atoms with van der Waals surface area (Å²) in [6, 6.07) is 7.17. The summed E-state index contributed by atoms with van der Waals surface area (Å²) < 4.78 is 37.1. The first-order valence-corrected chi connectivity index (χ1v) is 6.77. The van der Waals surface area contributed by atoms with Crippen molar-refractivity contribution in [1.29, 1.82) is 0 Å². The van der Waals surface area contributed by atoms with Crippen LogP contribution < -0.4 is 34.3 Å². The van der Waals surface area contributed by atoms with Gasteiger partial charge in [-0.1, -0.05) is 18.2 Å². The van der Waals surface area contributed by atoms with Crippen molar-refractivity contribution in [3.05, 3.63) is 35.0 Å². The van der Waals surface area contributed by atoms with E-state index in [0.717, 1.165) is 0 Å². The van der Waals surface area contributed by atoms with Crippen molar-refractivity contribution in [3.8, 4) is 5.75 Å². The Morgan fingerprint density at radius 1 is 1.23 bits per heavy atom. The fourth-order valence-electron chi connectivity index (χ4n) is 1.81. The van der Waals surface area contributed by atoms with E-state index >= 15 is 0 Å². The number of hydrogen-bond donors (Lipinski definition) is 0. The van der Waals surface area contributed by atoms with Gasteiger partial charge >= 0.3 is 29.6 Å². The predicted octanol–water partition coefficient (Wildman–Crippen LogP) is -3.28. The fourth-order valence-corrected chi connectivity index (χ4v) is 2.11. The van der Waals surface area contributed by atoms with Gasteiger partial charge in [0.05, 0.1) is 6.61 Å². The van der Waals surface area contributed by atoms with E-state index in [9.17, 15) is 8.42 Å². The fraction of sp³-hybridized carbons (Fsp3) is 0.455. The van der Waals surface area contributed by atoms with Crippen LogP contribution in [0.5, 0.6) is 5.75 Å². The van der Waals surface area contributed by atoms with Crippen LogP contribution in [0.15, 0.2) is 24.3 Å². The molecule has 1 aliphatic rings. The molecule has 2 rings (SSSR count). The van der Waals surface area contributed by atoms with Crippen LogP contribution in [-0.2, 0) is 19.2 Å². The summed E-state index contributed by atoms with van der Waals surface area (Å²) in [5, 5.41) is 6.70. The number of para-hydroxylation sites is 1. The number of ether oxygens (including phenoxy) is 2. The molecular formula is C11H20NNaO8S. The molecule has 0 unspecified atom stereocenters. The molecular weight excluding hydrogens is 329 g/mol. The van der Waals surface area contributed by atoms with E-state index in [-0.39, 0.29) is 52.6 Å². The number of benzene rings is 1. The molecule has 9 nitrogen and oxygen atoms in total. The van der Waals surface area contributed by atoms with Crippen molar-refractivity contribution in [2.45, 2.75) is 25.7 Å². The van der Waals surface area contributed by atoms with Gasteiger partial charge in [0.2, 0.25) is 5.79 Å². The van der Waals surface area contributed by atoms with Gasteiger partial charge in [0.15, 0.2) is 10.3 Å². The van der Waals surface area contributed by atoms with E-state index in [0.29, 0.717) is 11.3 Å². The summed E-state index contributed by atoms with van der Waals surface area (Å²) >= 11 is 0. The van der Waals surface area contributed by atoms with Gasteiger partial charge in [-0.2, -0.15) is 0 Å². The molecule has 0 aromatic heterocycles. The minimum absolute atomic E-state index is 0. The summed E-state index contributed by atoms with van der Waals surface area (Å²) in [6.45, 7) is 3.21. The molecule has 22 heavy (non-hydrogen) atoms. The molecule has 0 fully saturated rings. The monoisotopic (exact) mass is 349 g/mol. The van der Waals surface area contributed by atoms with Crippen LogP contribution in [-0.4, -0.2) is 37.2 Å². The first-order valence-electron chi connectivity index (χ1n) is 5.37. The molecule has 1 heterocycles. The summed E-state index contributed by atoms with van der Waals surface area (Å²) in [5.41, 5.74) is 0.709. The van der Waals surface area contributed by atoms with E-state index in [1.807, 2.05) is 6.07 Å². The largest absolute Gasteiger partial charge is 1.00 e. The minimum atomic E-state index is -4.23. The third-order valence-corrected chi connectivity index (χ3v) is 2.87. The van der Waals surface area contributed by atoms with Gasteiger partial charge in [0.25, 0.3) is 0 Å². The average Bonchev–Trinajstić information content (AvgIpc) is 2.23. The summed E-state index contributed by atoms with van der Waals surface area (Å²) in [4.78, 5) is 0. The first-order chi connectivity index (χ1) is 8.27. The van der Waals surface area contributed by atoms with Crippen molar-refractivity contribution in [2.24, 2.45) is 0 Å². The van der Waals surface area contributed by atoms with E-state index in [1.54, 1.807) is 32.0 Å². The third kappa shape index (κ3) is 7.33. The minimum Gasteiger partial charge on any atom is -0.540 e. The van der Waals surface area contributed by atoms with Crippen LogP contribution >= 0.6 is 0 Å². The van der Waals surface area contributed by atoms with Crippen molar-refractivity contribution >= 4 is 10.3 Å². The molecule has 124 valence electrons. The summed E-state index contributed by atoms with van der Waals surface area (Å²) in [5.74, 6) is -0.238. The molecule has 0 saturated heterocycles. The smallest absolute Gasteiger partial charge is 0.540 e. The van der Waals surface area contributed by atoms with Crippen molar-refractivity contribution < 1.29 is 68.1 Å². The topological polar surface area (TPSA) is 180 Å². The van der Waals surface area contributed by atoms with Gasteiger partial charge in [0.1, 0.15) is 11.9 Å². The van der Waals surface area contributed by atoms with E-state index in [2.05, 4.69) is 4.18 Å². The van der Waals surface area contributed by atoms with E-state index in [4.69, 9.17) is 14.6 Å². The molecule has 1 aliphatic heterocycles. The third-order valence-electron chi connectivity index (χ3n) is 2.42. The van der Waals surface area contributed by atoms with Gasteiger partial charge in [-0.15, -0.1) is 0 Å². The van der Waals surface area contributed by atoms with Crippen molar-refractivity contribution in [1.82, 2.24) is 0 Å². The standard InChI is InChI=1S/C11H14NO5S.Na.3H2O/c1-11(2)16-9-6-4-3-5-8(9)10(17-11)7-15-18(12,13)14;;;;/h3-6,10H,7H2,1-2H3,(H-,12,13,14);;3*1H2/q-1;+1;;;/t10-;;;;/m1..../s1. The maximum atomic E-state index is 10.7. The van der Waals surface area contributed by atoms with Crippen LogP contribution in [0.1, 0.15) is 25.5 Å². The zero-order chi connectivity index (χ0) is 13.4. The number of hydrogen-bond acceptors (Lipinski definition) is 5. The molecule has 1 aromatic carbocycles. The Kier molecular flexibility index (Phi) is 11.8.